The number of aromatic nitrogens is 2. The summed E-state index contributed by atoms with van der Waals surface area (Å²) in [5, 5.41) is 0. The monoisotopic (exact) mass is 316 g/mol. The van der Waals surface area contributed by atoms with Gasteiger partial charge in [-0.25, -0.2) is 9.37 Å². The van der Waals surface area contributed by atoms with Gasteiger partial charge < -0.3 is 9.30 Å². The van der Waals surface area contributed by atoms with Crippen molar-refractivity contribution in [1.82, 2.24) is 9.55 Å². The van der Waals surface area contributed by atoms with E-state index in [9.17, 15) is 4.39 Å². The molecule has 0 saturated heterocycles. The second kappa shape index (κ2) is 6.68. The molecule has 0 bridgehead atoms. The molecule has 0 aliphatic rings. The first kappa shape index (κ1) is 15.4. The van der Waals surface area contributed by atoms with E-state index in [1.807, 2.05) is 0 Å². The largest absolute Gasteiger partial charge is 0.494 e. The van der Waals surface area contributed by atoms with Gasteiger partial charge in [-0.3, -0.25) is 0 Å². The predicted octanol–water partition coefficient (Wildman–Crippen LogP) is 4.24. The van der Waals surface area contributed by atoms with E-state index < -0.39 is 5.82 Å². The molecule has 110 valence electrons. The van der Waals surface area contributed by atoms with Crippen molar-refractivity contribution in [3.05, 3.63) is 23.8 Å². The van der Waals surface area contributed by atoms with Crippen molar-refractivity contribution in [2.24, 2.45) is 0 Å². The fourth-order valence-corrected chi connectivity index (χ4v) is 3.33. The third kappa shape index (κ3) is 2.74. The van der Waals surface area contributed by atoms with Crippen molar-refractivity contribution in [1.29, 1.82) is 0 Å². The highest BCUT2D eigenvalue weighted by molar-refractivity contribution is 7.98. The van der Waals surface area contributed by atoms with E-state index in [1.165, 1.54) is 13.2 Å². The molecule has 1 atom stereocenters. The second-order valence-electron chi connectivity index (χ2n) is 4.52. The van der Waals surface area contributed by atoms with Crippen LogP contribution in [-0.4, -0.2) is 28.7 Å². The predicted molar refractivity (Wildman–Crippen MR) is 83.5 cm³/mol. The summed E-state index contributed by atoms with van der Waals surface area (Å²) < 4.78 is 21.0. The molecule has 1 unspecified atom stereocenters. The maximum Gasteiger partial charge on any atom is 0.167 e. The zero-order valence-corrected chi connectivity index (χ0v) is 13.4. The Morgan fingerprint density at radius 3 is 2.80 bits per heavy atom. The number of benzene rings is 1. The van der Waals surface area contributed by atoms with Crippen molar-refractivity contribution in [3.63, 3.8) is 0 Å². The first-order valence-corrected chi connectivity index (χ1v) is 8.38. The van der Waals surface area contributed by atoms with E-state index in [1.54, 1.807) is 17.8 Å². The smallest absolute Gasteiger partial charge is 0.167 e. The summed E-state index contributed by atoms with van der Waals surface area (Å²) in [5.74, 6) is 1.88. The summed E-state index contributed by atoms with van der Waals surface area (Å²) in [4.78, 5) is 4.44. The van der Waals surface area contributed by atoms with Crippen LogP contribution in [0.2, 0.25) is 0 Å². The van der Waals surface area contributed by atoms with Crippen LogP contribution < -0.4 is 4.74 Å². The summed E-state index contributed by atoms with van der Waals surface area (Å²) in [6.45, 7) is 2.13. The van der Waals surface area contributed by atoms with Crippen molar-refractivity contribution >= 4 is 34.4 Å². The number of thioether (sulfide) groups is 1. The number of methoxy groups -OCH3 is 1. The molecule has 0 aliphatic carbocycles. The van der Waals surface area contributed by atoms with Crippen LogP contribution in [0, 0.1) is 5.82 Å². The highest BCUT2D eigenvalue weighted by atomic mass is 35.5. The quantitative estimate of drug-likeness (QED) is 0.746. The number of nitrogens with zero attached hydrogens (tertiary/aromatic N) is 2. The summed E-state index contributed by atoms with van der Waals surface area (Å²) in [6, 6.07) is 3.40. The minimum atomic E-state index is -0.399. The number of halogens is 2. The second-order valence-corrected chi connectivity index (χ2v) is 5.70. The lowest BCUT2D eigenvalue weighted by molar-refractivity contribution is 0.387. The number of rotatable bonds is 6. The van der Waals surface area contributed by atoms with Gasteiger partial charge in [0.1, 0.15) is 5.82 Å². The molecular weight excluding hydrogens is 299 g/mol. The Morgan fingerprint density at radius 2 is 2.25 bits per heavy atom. The maximum atomic E-state index is 13.8. The summed E-state index contributed by atoms with van der Waals surface area (Å²) in [7, 11) is 1.46. The average molecular weight is 317 g/mol. The highest BCUT2D eigenvalue weighted by Crippen LogP contribution is 2.30. The first-order chi connectivity index (χ1) is 9.65. The van der Waals surface area contributed by atoms with Crippen LogP contribution in [0.5, 0.6) is 5.75 Å². The standard InChI is InChI=1S/C14H18ClFN2OS/c1-4-9(8-20-3)18-12-6-13(19-2)10(16)5-11(12)17-14(18)7-15/h5-6,9H,4,7-8H2,1-3H3. The molecule has 6 heteroatoms. The van der Waals surface area contributed by atoms with Crippen LogP contribution in [-0.2, 0) is 5.88 Å². The lowest BCUT2D eigenvalue weighted by atomic mass is 10.2. The Labute approximate surface area is 127 Å². The molecule has 0 aliphatic heterocycles. The number of imidazole rings is 1. The summed E-state index contributed by atoms with van der Waals surface area (Å²) >= 11 is 7.78. The Morgan fingerprint density at radius 1 is 1.50 bits per heavy atom. The van der Waals surface area contributed by atoms with Crippen LogP contribution in [0.15, 0.2) is 12.1 Å². The van der Waals surface area contributed by atoms with Gasteiger partial charge in [0.25, 0.3) is 0 Å². The van der Waals surface area contributed by atoms with E-state index in [2.05, 4.69) is 22.7 Å². The Kier molecular flexibility index (Phi) is 5.16. The first-order valence-electron chi connectivity index (χ1n) is 6.45. The minimum Gasteiger partial charge on any atom is -0.494 e. The van der Waals surface area contributed by atoms with E-state index in [0.29, 0.717) is 17.4 Å². The zero-order valence-electron chi connectivity index (χ0n) is 11.8. The van der Waals surface area contributed by atoms with Gasteiger partial charge in [-0.1, -0.05) is 6.92 Å². The lowest BCUT2D eigenvalue weighted by Crippen LogP contribution is -2.13. The molecule has 0 radical (unpaired) electrons. The van der Waals surface area contributed by atoms with Crippen LogP contribution in [0.3, 0.4) is 0 Å². The van der Waals surface area contributed by atoms with Crippen molar-refractivity contribution in [2.75, 3.05) is 19.1 Å². The molecule has 0 spiro atoms. The topological polar surface area (TPSA) is 27.1 Å². The Bertz CT molecular complexity index is 602. The number of alkyl halides is 1. The fraction of sp³-hybridized carbons (Fsp3) is 0.500. The molecule has 0 saturated carbocycles. The van der Waals surface area contributed by atoms with Gasteiger partial charge in [-0.2, -0.15) is 11.8 Å². The molecule has 1 aromatic carbocycles. The SMILES string of the molecule is CCC(CSC)n1c(CCl)nc2cc(F)c(OC)cc21. The van der Waals surface area contributed by atoms with E-state index in [4.69, 9.17) is 16.3 Å². The number of hydrogen-bond acceptors (Lipinski definition) is 3. The van der Waals surface area contributed by atoms with E-state index in [0.717, 1.165) is 23.5 Å². The third-order valence-corrected chi connectivity index (χ3v) is 4.31. The minimum absolute atomic E-state index is 0.235. The van der Waals surface area contributed by atoms with Gasteiger partial charge in [-0.05, 0) is 12.7 Å². The lowest BCUT2D eigenvalue weighted by Gasteiger charge is -2.19. The fourth-order valence-electron chi connectivity index (χ4n) is 2.37. The number of fused-ring (bicyclic) bond motifs is 1. The van der Waals surface area contributed by atoms with E-state index in [-0.39, 0.29) is 5.75 Å². The molecule has 2 aromatic rings. The zero-order chi connectivity index (χ0) is 14.7. The molecule has 1 aromatic heterocycles. The molecule has 0 amide bonds. The van der Waals surface area contributed by atoms with Gasteiger partial charge >= 0.3 is 0 Å². The molecule has 3 nitrogen and oxygen atoms in total. The van der Waals surface area contributed by atoms with Crippen LogP contribution in [0.1, 0.15) is 25.2 Å². The molecule has 20 heavy (non-hydrogen) atoms. The summed E-state index contributed by atoms with van der Waals surface area (Å²) in [6.07, 6.45) is 3.04. The van der Waals surface area contributed by atoms with Gasteiger partial charge in [0, 0.05) is 23.9 Å². The molecule has 0 fully saturated rings. The number of hydrogen-bond donors (Lipinski definition) is 0. The van der Waals surface area contributed by atoms with E-state index >= 15 is 0 Å². The van der Waals surface area contributed by atoms with Crippen LogP contribution in [0.4, 0.5) is 4.39 Å². The van der Waals surface area contributed by atoms with Gasteiger partial charge in [0.05, 0.1) is 24.0 Å². The van der Waals surface area contributed by atoms with Gasteiger partial charge in [-0.15, -0.1) is 11.6 Å². The van der Waals surface area contributed by atoms with Crippen LogP contribution >= 0.6 is 23.4 Å². The molecule has 1 heterocycles. The highest BCUT2D eigenvalue weighted by Gasteiger charge is 2.19. The Balaban J connectivity index is 2.65. The maximum absolute atomic E-state index is 13.8. The van der Waals surface area contributed by atoms with Gasteiger partial charge in [0.15, 0.2) is 11.6 Å². The average Bonchev–Trinajstić information content (AvgIpc) is 2.81. The molecular formula is C14H18ClFN2OS. The normalized spacial score (nSPS) is 12.8. The molecule has 2 rings (SSSR count). The Hall–Kier alpha value is -0.940. The van der Waals surface area contributed by atoms with Crippen LogP contribution in [0.25, 0.3) is 11.0 Å². The summed E-state index contributed by atoms with van der Waals surface area (Å²) in [5.41, 5.74) is 1.50. The third-order valence-electron chi connectivity index (χ3n) is 3.35. The van der Waals surface area contributed by atoms with Crippen molar-refractivity contribution < 1.29 is 9.13 Å². The van der Waals surface area contributed by atoms with Crippen molar-refractivity contribution in [2.45, 2.75) is 25.3 Å². The van der Waals surface area contributed by atoms with Gasteiger partial charge in [0.2, 0.25) is 0 Å². The molecule has 0 N–H and O–H groups in total. The van der Waals surface area contributed by atoms with Crippen molar-refractivity contribution in [3.8, 4) is 5.75 Å². The number of ether oxygens (including phenoxy) is 1.